The second-order valence-electron chi connectivity index (χ2n) is 9.84. The second kappa shape index (κ2) is 8.30. The van der Waals surface area contributed by atoms with Crippen molar-refractivity contribution >= 4 is 0 Å². The Kier molecular flexibility index (Phi) is 5.96. The molecule has 1 aromatic carbocycles. The summed E-state index contributed by atoms with van der Waals surface area (Å²) in [5.41, 5.74) is 2.49. The molecule has 154 valence electrons. The first-order valence-corrected chi connectivity index (χ1v) is 11.3. The molecule has 3 heteroatoms. The average Bonchev–Trinajstić information content (AvgIpc) is 2.70. The maximum absolute atomic E-state index is 11.3. The van der Waals surface area contributed by atoms with Crippen molar-refractivity contribution in [3.63, 3.8) is 0 Å². The number of hydrogen-bond acceptors (Lipinski definition) is 3. The van der Waals surface area contributed by atoms with Crippen molar-refractivity contribution in [2.45, 2.75) is 89.7 Å². The van der Waals surface area contributed by atoms with Gasteiger partial charge in [-0.2, -0.15) is 0 Å². The molecule has 1 saturated heterocycles. The smallest absolute Gasteiger partial charge is 0.142 e. The molecule has 0 amide bonds. The highest BCUT2D eigenvalue weighted by molar-refractivity contribution is 5.20. The van der Waals surface area contributed by atoms with Crippen molar-refractivity contribution < 1.29 is 9.84 Å². The highest BCUT2D eigenvalue weighted by Crippen LogP contribution is 2.47. The minimum Gasteiger partial charge on any atom is -0.384 e. The van der Waals surface area contributed by atoms with Crippen LogP contribution in [-0.4, -0.2) is 34.4 Å². The van der Waals surface area contributed by atoms with Crippen molar-refractivity contribution in [3.8, 4) is 0 Å². The summed E-state index contributed by atoms with van der Waals surface area (Å²) in [7, 11) is 0. The molecule has 1 saturated carbocycles. The summed E-state index contributed by atoms with van der Waals surface area (Å²) in [5.74, 6) is 1.24. The standard InChI is InChI=1S/C25H37NO2/c1-18-14-15-21-22(16-18)28-24(23(27)20-12-8-5-9-13-20)26(25(21,2)3)17-19-10-6-4-7-11-19/h5,8-10,12-13,18,21-24,27H,4,6-7,11,14-17H2,1-3H3/t18-,21-,22-,23+,24+/m1/s1. The van der Waals surface area contributed by atoms with E-state index in [1.165, 1.54) is 44.1 Å². The van der Waals surface area contributed by atoms with Gasteiger partial charge in [-0.25, -0.2) is 0 Å². The lowest BCUT2D eigenvalue weighted by Crippen LogP contribution is -2.66. The minimum atomic E-state index is -0.622. The lowest BCUT2D eigenvalue weighted by atomic mass is 9.69. The quantitative estimate of drug-likeness (QED) is 0.701. The van der Waals surface area contributed by atoms with Gasteiger partial charge in [-0.3, -0.25) is 4.90 Å². The number of aliphatic hydroxyl groups is 1. The zero-order valence-corrected chi connectivity index (χ0v) is 17.8. The van der Waals surface area contributed by atoms with Crippen LogP contribution >= 0.6 is 0 Å². The Hall–Kier alpha value is -1.16. The average molecular weight is 384 g/mol. The van der Waals surface area contributed by atoms with E-state index in [0.29, 0.717) is 11.8 Å². The number of fused-ring (bicyclic) bond motifs is 1. The molecule has 3 nitrogen and oxygen atoms in total. The van der Waals surface area contributed by atoms with Crippen molar-refractivity contribution in [2.24, 2.45) is 11.8 Å². The molecule has 2 fully saturated rings. The number of nitrogens with zero attached hydrogens (tertiary/aromatic N) is 1. The van der Waals surface area contributed by atoms with Gasteiger partial charge in [0, 0.05) is 18.0 Å². The van der Waals surface area contributed by atoms with Crippen LogP contribution in [0, 0.1) is 11.8 Å². The fourth-order valence-electron chi connectivity index (χ4n) is 5.70. The monoisotopic (exact) mass is 383 g/mol. The van der Waals surface area contributed by atoms with Crippen molar-refractivity contribution in [1.82, 2.24) is 4.90 Å². The molecule has 1 N–H and O–H groups in total. The first kappa shape index (κ1) is 20.1. The van der Waals surface area contributed by atoms with Gasteiger partial charge in [-0.1, -0.05) is 55.3 Å². The summed E-state index contributed by atoms with van der Waals surface area (Å²) in [6.45, 7) is 8.03. The Labute approximate surface area is 170 Å². The third-order valence-electron chi connectivity index (χ3n) is 7.49. The maximum atomic E-state index is 11.3. The Morgan fingerprint density at radius 3 is 2.68 bits per heavy atom. The Morgan fingerprint density at radius 1 is 1.18 bits per heavy atom. The van der Waals surface area contributed by atoms with E-state index in [-0.39, 0.29) is 17.9 Å². The fourth-order valence-corrected chi connectivity index (χ4v) is 5.70. The van der Waals surface area contributed by atoms with Gasteiger partial charge in [0.1, 0.15) is 12.3 Å². The summed E-state index contributed by atoms with van der Waals surface area (Å²) in [6.07, 6.45) is 10.4. The van der Waals surface area contributed by atoms with Crippen LogP contribution < -0.4 is 0 Å². The molecule has 1 aliphatic heterocycles. The van der Waals surface area contributed by atoms with E-state index in [0.717, 1.165) is 18.5 Å². The summed E-state index contributed by atoms with van der Waals surface area (Å²) in [6, 6.07) is 10.1. The normalized spacial score (nSPS) is 34.4. The van der Waals surface area contributed by atoms with Crippen LogP contribution in [-0.2, 0) is 4.74 Å². The summed E-state index contributed by atoms with van der Waals surface area (Å²) < 4.78 is 6.72. The van der Waals surface area contributed by atoms with E-state index in [4.69, 9.17) is 4.74 Å². The van der Waals surface area contributed by atoms with Crippen LogP contribution in [0.4, 0.5) is 0 Å². The molecule has 0 aromatic heterocycles. The van der Waals surface area contributed by atoms with Gasteiger partial charge in [-0.15, -0.1) is 0 Å². The van der Waals surface area contributed by atoms with Crippen molar-refractivity contribution in [3.05, 3.63) is 47.5 Å². The predicted octanol–water partition coefficient (Wildman–Crippen LogP) is 5.46. The van der Waals surface area contributed by atoms with Gasteiger partial charge in [0.2, 0.25) is 0 Å². The van der Waals surface area contributed by atoms with Crippen molar-refractivity contribution in [1.29, 1.82) is 0 Å². The topological polar surface area (TPSA) is 32.7 Å². The van der Waals surface area contributed by atoms with Gasteiger partial charge < -0.3 is 9.84 Å². The minimum absolute atomic E-state index is 0.0156. The Bertz CT molecular complexity index is 683. The number of hydrogen-bond donors (Lipinski definition) is 1. The molecule has 4 rings (SSSR count). The van der Waals surface area contributed by atoms with E-state index in [9.17, 15) is 5.11 Å². The molecule has 0 bridgehead atoms. The van der Waals surface area contributed by atoms with Gasteiger partial charge in [0.05, 0.1) is 6.10 Å². The SMILES string of the molecule is C[C@@H]1CC[C@@H]2[C@@H](C1)O[C@@H]([C@@H](O)c1ccccc1)N(CC1=CCCCC1)C2(C)C. The Balaban J connectivity index is 1.65. The van der Waals surface area contributed by atoms with Crippen LogP contribution in [0.15, 0.2) is 42.0 Å². The summed E-state index contributed by atoms with van der Waals surface area (Å²) in [5, 5.41) is 11.3. The third-order valence-corrected chi connectivity index (χ3v) is 7.49. The number of benzene rings is 1. The van der Waals surface area contributed by atoms with Gasteiger partial charge in [0.25, 0.3) is 0 Å². The predicted molar refractivity (Wildman–Crippen MR) is 114 cm³/mol. The summed E-state index contributed by atoms with van der Waals surface area (Å²) >= 11 is 0. The molecular weight excluding hydrogens is 346 g/mol. The highest BCUT2D eigenvalue weighted by atomic mass is 16.5. The van der Waals surface area contributed by atoms with Crippen LogP contribution in [0.3, 0.4) is 0 Å². The van der Waals surface area contributed by atoms with E-state index in [1.807, 2.05) is 30.3 Å². The van der Waals surface area contributed by atoms with E-state index < -0.39 is 6.10 Å². The lowest BCUT2D eigenvalue weighted by molar-refractivity contribution is -0.259. The molecule has 28 heavy (non-hydrogen) atoms. The first-order chi connectivity index (χ1) is 13.5. The molecular formula is C25H37NO2. The molecule has 1 heterocycles. The van der Waals surface area contributed by atoms with Crippen LogP contribution in [0.5, 0.6) is 0 Å². The van der Waals surface area contributed by atoms with Gasteiger partial charge in [0.15, 0.2) is 0 Å². The van der Waals surface area contributed by atoms with Crippen LogP contribution in [0.2, 0.25) is 0 Å². The van der Waals surface area contributed by atoms with E-state index >= 15 is 0 Å². The number of rotatable bonds is 4. The molecule has 1 aromatic rings. The van der Waals surface area contributed by atoms with Crippen LogP contribution in [0.1, 0.15) is 77.4 Å². The van der Waals surface area contributed by atoms with Crippen LogP contribution in [0.25, 0.3) is 0 Å². The molecule has 2 aliphatic carbocycles. The third kappa shape index (κ3) is 3.94. The Morgan fingerprint density at radius 2 is 1.96 bits per heavy atom. The summed E-state index contributed by atoms with van der Waals surface area (Å²) in [4.78, 5) is 2.49. The molecule has 0 radical (unpaired) electrons. The molecule has 3 aliphatic rings. The zero-order chi connectivity index (χ0) is 19.7. The first-order valence-electron chi connectivity index (χ1n) is 11.3. The second-order valence-corrected chi connectivity index (χ2v) is 9.84. The maximum Gasteiger partial charge on any atom is 0.142 e. The zero-order valence-electron chi connectivity index (χ0n) is 17.8. The molecule has 0 spiro atoms. The molecule has 5 atom stereocenters. The largest absolute Gasteiger partial charge is 0.384 e. The highest BCUT2D eigenvalue weighted by Gasteiger charge is 2.52. The number of ether oxygens (including phenoxy) is 1. The van der Waals surface area contributed by atoms with Crippen molar-refractivity contribution in [2.75, 3.05) is 6.54 Å². The molecule has 0 unspecified atom stereocenters. The number of allylic oxidation sites excluding steroid dienone is 1. The van der Waals surface area contributed by atoms with E-state index in [2.05, 4.69) is 31.7 Å². The number of aliphatic hydroxyl groups excluding tert-OH is 1. The van der Waals surface area contributed by atoms with E-state index in [1.54, 1.807) is 0 Å². The van der Waals surface area contributed by atoms with Gasteiger partial charge in [-0.05, 0) is 63.9 Å². The fraction of sp³-hybridized carbons (Fsp3) is 0.680. The lowest BCUT2D eigenvalue weighted by Gasteiger charge is -2.58. The van der Waals surface area contributed by atoms with Gasteiger partial charge >= 0.3 is 0 Å².